The van der Waals surface area contributed by atoms with Gasteiger partial charge in [-0.1, -0.05) is 316 Å². The van der Waals surface area contributed by atoms with E-state index in [0.717, 1.165) is 38.5 Å². The largest absolute Gasteiger partial charge is 0.394 e. The van der Waals surface area contributed by atoms with Gasteiger partial charge in [0.05, 0.1) is 25.4 Å². The zero-order valence-corrected chi connectivity index (χ0v) is 48.6. The minimum absolute atomic E-state index is 0.267. The maximum absolute atomic E-state index is 13.2. The van der Waals surface area contributed by atoms with Crippen molar-refractivity contribution in [3.8, 4) is 0 Å². The molecule has 0 aliphatic carbocycles. The molecule has 1 fully saturated rings. The number of hydrogen-bond donors (Lipinski definition) is 8. The molecule has 0 aromatic carbocycles. The number of aliphatic hydroxyl groups excluding tert-OH is 7. The third kappa shape index (κ3) is 40.3. The van der Waals surface area contributed by atoms with Crippen molar-refractivity contribution in [3.63, 3.8) is 0 Å². The summed E-state index contributed by atoms with van der Waals surface area (Å²) in [5.74, 6) is -0.688. The molecule has 11 heteroatoms. The van der Waals surface area contributed by atoms with Crippen molar-refractivity contribution in [2.24, 2.45) is 0 Å². The second-order valence-electron chi connectivity index (χ2n) is 23.2. The maximum atomic E-state index is 13.2. The SMILES string of the molecule is CCCCCCCCCCCCCCCCCCCCCCCCCCCCC(O)C(O)C(COC1OC(CO)C(O)C(O)C1O)NC(=O)C(O)CCCCCCCCCCCCCCCCCCCCCCC. The molecule has 9 atom stereocenters. The van der Waals surface area contributed by atoms with Crippen LogP contribution in [-0.2, 0) is 14.3 Å². The van der Waals surface area contributed by atoms with Gasteiger partial charge in [0.25, 0.3) is 0 Å². The van der Waals surface area contributed by atoms with Crippen LogP contribution in [0.1, 0.15) is 328 Å². The van der Waals surface area contributed by atoms with Gasteiger partial charge in [-0.25, -0.2) is 0 Å². The van der Waals surface area contributed by atoms with Gasteiger partial charge in [-0.2, -0.15) is 0 Å². The van der Waals surface area contributed by atoms with Gasteiger partial charge in [0.2, 0.25) is 5.91 Å². The van der Waals surface area contributed by atoms with Crippen LogP contribution in [0.5, 0.6) is 0 Å². The summed E-state index contributed by atoms with van der Waals surface area (Å²) in [5, 5.41) is 76.4. The average molecular weight is 1060 g/mol. The van der Waals surface area contributed by atoms with Crippen molar-refractivity contribution in [1.82, 2.24) is 5.32 Å². The minimum atomic E-state index is -1.66. The Hall–Kier alpha value is -0.890. The van der Waals surface area contributed by atoms with E-state index in [9.17, 15) is 40.5 Å². The van der Waals surface area contributed by atoms with Crippen LogP contribution >= 0.6 is 0 Å². The lowest BCUT2D eigenvalue weighted by atomic mass is 9.98. The van der Waals surface area contributed by atoms with E-state index in [0.29, 0.717) is 19.3 Å². The Morgan fingerprint density at radius 3 is 1.00 bits per heavy atom. The predicted molar refractivity (Wildman–Crippen MR) is 307 cm³/mol. The summed E-state index contributed by atoms with van der Waals surface area (Å²) >= 11 is 0. The first-order chi connectivity index (χ1) is 36.2. The van der Waals surface area contributed by atoms with E-state index in [1.807, 2.05) is 0 Å². The summed E-state index contributed by atoms with van der Waals surface area (Å²) in [6.45, 7) is 3.52. The Labute approximate surface area is 456 Å². The van der Waals surface area contributed by atoms with Crippen LogP contribution in [0.25, 0.3) is 0 Å². The number of carbonyl (C=O) groups is 1. The Bertz CT molecular complexity index is 1160. The van der Waals surface area contributed by atoms with E-state index in [1.54, 1.807) is 0 Å². The Balaban J connectivity index is 2.23. The standard InChI is InChI=1S/C63H125NO10/c1-3-5-7-9-11-13-15-17-19-21-23-25-26-27-28-29-31-32-34-36-38-40-42-44-46-48-50-55(66)58(68)54(53-73-63-61(71)60(70)59(69)57(52-65)74-63)64-62(72)56(67)51-49-47-45-43-41-39-37-35-33-30-24-22-20-18-16-14-12-10-8-6-4-2/h54-61,63,65-71H,3-53H2,1-2H3,(H,64,72). The molecule has 0 aromatic heterocycles. The third-order valence-corrected chi connectivity index (χ3v) is 16.2. The predicted octanol–water partition coefficient (Wildman–Crippen LogP) is 14.5. The van der Waals surface area contributed by atoms with Crippen LogP contribution in [-0.4, -0.2) is 110 Å². The molecule has 1 heterocycles. The molecule has 1 aliphatic heterocycles. The van der Waals surface area contributed by atoms with Crippen molar-refractivity contribution in [2.45, 2.75) is 384 Å². The molecular formula is C63H125NO10. The van der Waals surface area contributed by atoms with E-state index >= 15 is 0 Å². The maximum Gasteiger partial charge on any atom is 0.249 e. The normalized spacial score (nSPS) is 19.7. The lowest BCUT2D eigenvalue weighted by Gasteiger charge is -2.40. The molecule has 0 saturated carbocycles. The summed E-state index contributed by atoms with van der Waals surface area (Å²) in [6, 6.07) is -1.16. The van der Waals surface area contributed by atoms with Gasteiger partial charge in [0, 0.05) is 0 Å². The molecule has 11 nitrogen and oxygen atoms in total. The second-order valence-corrected chi connectivity index (χ2v) is 23.2. The highest BCUT2D eigenvalue weighted by Gasteiger charge is 2.44. The topological polar surface area (TPSA) is 189 Å². The number of ether oxygens (including phenoxy) is 2. The first kappa shape index (κ1) is 71.1. The molecule has 0 radical (unpaired) electrons. The van der Waals surface area contributed by atoms with Gasteiger partial charge < -0.3 is 50.5 Å². The van der Waals surface area contributed by atoms with E-state index in [2.05, 4.69) is 19.2 Å². The molecular weight excluding hydrogens is 931 g/mol. The molecule has 74 heavy (non-hydrogen) atoms. The van der Waals surface area contributed by atoms with E-state index in [4.69, 9.17) is 9.47 Å². The lowest BCUT2D eigenvalue weighted by molar-refractivity contribution is -0.303. The molecule has 442 valence electrons. The van der Waals surface area contributed by atoms with Gasteiger partial charge >= 0.3 is 0 Å². The molecule has 1 rings (SSSR count). The number of rotatable bonds is 57. The smallest absolute Gasteiger partial charge is 0.249 e. The molecule has 1 aliphatic rings. The number of carbonyl (C=O) groups excluding carboxylic acids is 1. The first-order valence-corrected chi connectivity index (χ1v) is 32.4. The quantitative estimate of drug-likeness (QED) is 0.0272. The van der Waals surface area contributed by atoms with E-state index in [-0.39, 0.29) is 6.42 Å². The number of hydrogen-bond acceptors (Lipinski definition) is 10. The molecule has 1 amide bonds. The van der Waals surface area contributed by atoms with Gasteiger partial charge in [0.15, 0.2) is 6.29 Å². The van der Waals surface area contributed by atoms with Crippen molar-refractivity contribution >= 4 is 5.91 Å². The fourth-order valence-electron chi connectivity index (χ4n) is 10.9. The van der Waals surface area contributed by atoms with Crippen LogP contribution in [0.4, 0.5) is 0 Å². The summed E-state index contributed by atoms with van der Waals surface area (Å²) in [5.41, 5.74) is 0. The summed E-state index contributed by atoms with van der Waals surface area (Å²) in [6.07, 6.45) is 50.2. The fraction of sp³-hybridized carbons (Fsp3) is 0.984. The van der Waals surface area contributed by atoms with Crippen molar-refractivity contribution in [2.75, 3.05) is 13.2 Å². The highest BCUT2D eigenvalue weighted by atomic mass is 16.7. The number of unbranched alkanes of at least 4 members (excludes halogenated alkanes) is 45. The van der Waals surface area contributed by atoms with Crippen LogP contribution in [0.2, 0.25) is 0 Å². The second kappa shape index (κ2) is 52.8. The summed E-state index contributed by atoms with van der Waals surface area (Å²) < 4.78 is 11.2. The third-order valence-electron chi connectivity index (χ3n) is 16.2. The van der Waals surface area contributed by atoms with Crippen LogP contribution in [0, 0.1) is 0 Å². The molecule has 9 unspecified atom stereocenters. The van der Waals surface area contributed by atoms with E-state index < -0.39 is 74.2 Å². The van der Waals surface area contributed by atoms with Crippen molar-refractivity contribution < 1.29 is 50.0 Å². The minimum Gasteiger partial charge on any atom is -0.394 e. The number of aliphatic hydroxyl groups is 7. The Morgan fingerprint density at radius 2 is 0.703 bits per heavy atom. The van der Waals surface area contributed by atoms with Gasteiger partial charge in [0.1, 0.15) is 36.6 Å². The zero-order valence-electron chi connectivity index (χ0n) is 48.6. The molecule has 0 aromatic rings. The first-order valence-electron chi connectivity index (χ1n) is 32.4. The van der Waals surface area contributed by atoms with Crippen LogP contribution < -0.4 is 5.32 Å². The number of amides is 1. The molecule has 1 saturated heterocycles. The highest BCUT2D eigenvalue weighted by Crippen LogP contribution is 2.24. The van der Waals surface area contributed by atoms with Crippen molar-refractivity contribution in [1.29, 1.82) is 0 Å². The summed E-state index contributed by atoms with van der Waals surface area (Å²) in [7, 11) is 0. The van der Waals surface area contributed by atoms with Crippen LogP contribution in [0.3, 0.4) is 0 Å². The van der Waals surface area contributed by atoms with Gasteiger partial charge in [-0.05, 0) is 12.8 Å². The molecule has 0 bridgehead atoms. The molecule has 8 N–H and O–H groups in total. The fourth-order valence-corrected chi connectivity index (χ4v) is 10.9. The highest BCUT2D eigenvalue weighted by molar-refractivity contribution is 5.80. The van der Waals surface area contributed by atoms with Gasteiger partial charge in [-0.3, -0.25) is 4.79 Å². The lowest BCUT2D eigenvalue weighted by Crippen LogP contribution is -2.60. The zero-order chi connectivity index (χ0) is 54.0. The monoisotopic (exact) mass is 1060 g/mol. The molecule has 0 spiro atoms. The Morgan fingerprint density at radius 1 is 0.419 bits per heavy atom. The van der Waals surface area contributed by atoms with Crippen molar-refractivity contribution in [3.05, 3.63) is 0 Å². The van der Waals surface area contributed by atoms with E-state index in [1.165, 1.54) is 250 Å². The number of nitrogens with one attached hydrogen (secondary N) is 1. The average Bonchev–Trinajstić information content (AvgIpc) is 3.40. The van der Waals surface area contributed by atoms with Gasteiger partial charge in [-0.15, -0.1) is 0 Å². The van der Waals surface area contributed by atoms with Crippen LogP contribution in [0.15, 0.2) is 0 Å². The Kier molecular flexibility index (Phi) is 50.7. The summed E-state index contributed by atoms with van der Waals surface area (Å²) in [4.78, 5) is 13.2.